The minimum atomic E-state index is -0.998. The number of nitrogens with zero attached hydrogens (tertiary/aromatic N) is 1. The average molecular weight is 747 g/mol. The molecule has 1 saturated heterocycles. The number of hydrogen-bond donors (Lipinski definition) is 2. The van der Waals surface area contributed by atoms with Gasteiger partial charge in [-0.1, -0.05) is 39.0 Å². The lowest BCUT2D eigenvalue weighted by Crippen LogP contribution is -2.57. The van der Waals surface area contributed by atoms with Gasteiger partial charge in [-0.15, -0.1) is 0 Å². The fourth-order valence-corrected chi connectivity index (χ4v) is 4.57. The number of carboxylic acids is 1. The molecule has 460 valence electrons. The van der Waals surface area contributed by atoms with Crippen molar-refractivity contribution >= 4 is 17.8 Å². The zero-order chi connectivity index (χ0) is 25.8. The molecule has 1 fully saturated rings. The highest BCUT2D eigenvalue weighted by Crippen LogP contribution is 2.34. The van der Waals surface area contributed by atoms with Crippen molar-refractivity contribution in [2.24, 2.45) is 5.92 Å². The lowest BCUT2D eigenvalue weighted by Gasteiger charge is -2.37. The fraction of sp³-hybridized carbons (Fsp3) is 0.667. The largest absolute Gasteiger partial charge is 0.480 e. The molecule has 1 aromatic rings. The molecule has 7 heteroatoms. The van der Waals surface area contributed by atoms with Gasteiger partial charge in [-0.05, 0) is 82.4 Å². The van der Waals surface area contributed by atoms with Crippen LogP contribution in [0.15, 0.2) is 18.2 Å². The number of carboxylic acid groups (broad SMARTS) is 1. The van der Waals surface area contributed by atoms with Gasteiger partial charge < -0.3 is 14.7 Å². The van der Waals surface area contributed by atoms with Gasteiger partial charge in [0.05, 0.1) is 12.6 Å². The zero-order valence-electron chi connectivity index (χ0n) is 22.0. The molecular formula is C27H312N2O5. The van der Waals surface area contributed by atoms with E-state index < -0.39 is 29.6 Å². The molecule has 0 aromatic heterocycles. The molecule has 1 amide bonds. The first kappa shape index (κ1) is 27.8. The highest BCUT2D eigenvalue weighted by Gasteiger charge is 2.47. The summed E-state index contributed by atoms with van der Waals surface area (Å²) in [5, 5.41) is 12.8. The number of ether oxygens (including phenoxy) is 1. The molecule has 1 aromatic carbocycles. The van der Waals surface area contributed by atoms with Crippen LogP contribution in [-0.4, -0.2) is 58.1 Å². The van der Waals surface area contributed by atoms with Crippen molar-refractivity contribution in [1.29, 1.82) is 0 Å². The summed E-state index contributed by atoms with van der Waals surface area (Å²) < 4.78 is 5.53. The molecule has 1 heterocycles. The van der Waals surface area contributed by atoms with Crippen LogP contribution in [0.1, 0.15) is 276 Å². The third-order valence-corrected chi connectivity index (χ3v) is 6.87. The number of esters is 1. The summed E-state index contributed by atoms with van der Waals surface area (Å²) in [7, 11) is 0. The molecule has 0 bridgehead atoms. The van der Waals surface area contributed by atoms with Gasteiger partial charge in [0, 0.05) is 198 Å². The Morgan fingerprint density at radius 2 is 1.82 bits per heavy atom. The predicted molar refractivity (Wildman–Crippen MR) is 418 cm³/mol. The van der Waals surface area contributed by atoms with Crippen molar-refractivity contribution in [2.75, 3.05) is 6.61 Å². The van der Waals surface area contributed by atoms with Crippen LogP contribution in [0.25, 0.3) is 0 Å². The van der Waals surface area contributed by atoms with E-state index in [0.29, 0.717) is 25.9 Å². The molecule has 1 unspecified atom stereocenters. The monoisotopic (exact) mass is 746 g/mol. The normalized spacial score (nSPS) is 20.1. The van der Waals surface area contributed by atoms with E-state index in [2.05, 4.69) is 44.3 Å². The Morgan fingerprint density at radius 3 is 2.38 bits per heavy atom. The van der Waals surface area contributed by atoms with Crippen molar-refractivity contribution in [1.82, 2.24) is 10.2 Å². The van der Waals surface area contributed by atoms with Gasteiger partial charge in [-0.3, -0.25) is 14.9 Å². The Labute approximate surface area is 404 Å². The molecule has 1 aliphatic heterocycles. The van der Waals surface area contributed by atoms with E-state index in [-0.39, 0.29) is 216 Å². The van der Waals surface area contributed by atoms with Gasteiger partial charge >= 0.3 is 11.9 Å². The van der Waals surface area contributed by atoms with Crippen molar-refractivity contribution in [3.05, 3.63) is 34.9 Å². The molecule has 2 N–H and O–H groups in total. The number of aryl methyl sites for hydroxylation is 2. The van der Waals surface area contributed by atoms with Gasteiger partial charge in [0.15, 0.2) is 0 Å². The van der Waals surface area contributed by atoms with Crippen molar-refractivity contribution in [3.63, 3.8) is 0 Å². The molecule has 7 nitrogen and oxygen atoms in total. The smallest absolute Gasteiger partial charge is 0.326 e. The summed E-state index contributed by atoms with van der Waals surface area (Å²) in [6.07, 6.45) is 1.50. The van der Waals surface area contributed by atoms with E-state index in [4.69, 9.17) is 4.74 Å². The second-order valence-electron chi connectivity index (χ2n) is 10.9. The number of carbonyl (C=O) groups excluding carboxylic acids is 2. The number of rotatable bonds is 10. The number of benzene rings is 1. The van der Waals surface area contributed by atoms with Crippen LogP contribution in [0.5, 0.6) is 0 Å². The lowest BCUT2D eigenvalue weighted by molar-refractivity contribution is -0.153. The topological polar surface area (TPSA) is 95.9 Å². The molecular weight excluding hydrogens is 432 g/mol. The van der Waals surface area contributed by atoms with Crippen LogP contribution in [0.2, 0.25) is 0 Å². The first-order valence-corrected chi connectivity index (χ1v) is 12.3. The molecule has 2 rings (SSSR count). The molecule has 1 aliphatic rings. The Morgan fingerprint density at radius 1 is 1.18 bits per heavy atom. The Balaban J connectivity index is -0.000000000687. The second kappa shape index (κ2) is 11.3. The number of hydrogen-bond acceptors (Lipinski definition) is 5. The maximum Gasteiger partial charge on any atom is 0.326 e. The molecule has 0 spiro atoms. The van der Waals surface area contributed by atoms with E-state index in [1.807, 2.05) is 27.7 Å². The highest BCUT2D eigenvalue weighted by atomic mass is 16.5. The summed E-state index contributed by atoms with van der Waals surface area (Å²) >= 11 is 0. The first-order chi connectivity index (χ1) is 15.7. The molecule has 34 heavy (non-hydrogen) atoms. The highest BCUT2D eigenvalue weighted by molar-refractivity contribution is 5.88. The molecule has 0 saturated carbocycles. The van der Waals surface area contributed by atoms with E-state index in [1.54, 1.807) is 6.92 Å². The predicted octanol–water partition coefficient (Wildman–Crippen LogP) is 37.4. The van der Waals surface area contributed by atoms with Crippen LogP contribution in [0, 0.1) is 19.8 Å². The molecule has 0 aliphatic carbocycles. The number of nitrogens with one attached hydrogen (secondary N) is 1. The Bertz CT molecular complexity index is 1020. The molecule has 0 radical (unpaired) electrons. The Hall–Kier alpha value is -2.41. The average Bonchev–Trinajstić information content (AvgIpc) is 3.07. The SMILES string of the molecule is Cc1ccc(C(C)C[C@H](N[C@@H](C)C(=O)N2[C@H](C(=O)O)CCC2(C)C)C(=O)OCC(C)C)cc1C.[HH].[HH].[HH].[HH].[HH].[HH].[HH].[HH].[HH].[HH].[HH].[HH].[HH].[HH].[HH].[HH].[HH].[HH].[HH].[HH].[HH].[HH].[HH].[HH].[HH].[HH].[HH].[HH].[HH].[HH].[HH].[HH].[HH].[HH].[HH].[HH].[HH].[HH].[HH].[HH].[HH].[HH].[HH].[HH].[HH].[HH].[HH].[HH].[HH].[HH].[HH].[HH].[HH].[HH].[HH].[HH].[HH].[HH].[HH].[HH].[HH].[HH].[HH].[HH].[HH].[HH].[HH].[HH].[HH].[HH].[HH].[HH].[HH].[HH].[HH].[HH].[HH].[HH].[HH].[HH].[HH].[HH].[HH].[HH].[HH].[HH].[HH].[HH].[HH].[HH].[HH].[HH].[HH].[HH].[HH].[HH].[HH].[HH].[HH].[HH].[HH].[HH].[HH].[HH].[HH].[HH].[HH].[HH].[HH].[HH].[HH].[HH].[HH].[HH].[HH].[HH].[HH].[HH].[HH].[HH].[HH].[HH].[HH].[HH].[HH].[HH].[HH].[HH].[HH].[HH].[HH].[HH].[HH].[HH].[HH]. The Kier molecular flexibility index (Phi) is 9.29. The van der Waals surface area contributed by atoms with Crippen molar-refractivity contribution in [2.45, 2.75) is 104 Å². The number of carbonyl (C=O) groups is 3. The van der Waals surface area contributed by atoms with Gasteiger partial charge in [0.1, 0.15) is 12.1 Å². The maximum absolute atomic E-state index is 13.4. The van der Waals surface area contributed by atoms with Crippen molar-refractivity contribution in [3.8, 4) is 0 Å². The number of aliphatic carboxylic acids is 1. The summed E-state index contributed by atoms with van der Waals surface area (Å²) in [5.74, 6) is -1.44. The maximum atomic E-state index is 13.4. The summed E-state index contributed by atoms with van der Waals surface area (Å²) in [4.78, 5) is 39.6. The van der Waals surface area contributed by atoms with Crippen LogP contribution in [0.3, 0.4) is 0 Å². The number of amides is 1. The van der Waals surface area contributed by atoms with Crippen LogP contribution >= 0.6 is 0 Å². The summed E-state index contributed by atoms with van der Waals surface area (Å²) in [5.41, 5.74) is 2.96. The third kappa shape index (κ3) is 6.81. The van der Waals surface area contributed by atoms with Crippen LogP contribution in [0.4, 0.5) is 0 Å². The van der Waals surface area contributed by atoms with Crippen molar-refractivity contribution < 1.29 is 217 Å². The van der Waals surface area contributed by atoms with E-state index >= 15 is 0 Å². The zero-order valence-corrected chi connectivity index (χ0v) is 22.0. The lowest BCUT2D eigenvalue weighted by atomic mass is 9.91. The van der Waals surface area contributed by atoms with Gasteiger partial charge in [-0.2, -0.15) is 0 Å². The van der Waals surface area contributed by atoms with Crippen LogP contribution < -0.4 is 5.32 Å². The first-order valence-electron chi connectivity index (χ1n) is 12.3. The fourth-order valence-electron chi connectivity index (χ4n) is 4.57. The third-order valence-electron chi connectivity index (χ3n) is 6.87. The second-order valence-corrected chi connectivity index (χ2v) is 10.9. The van der Waals surface area contributed by atoms with E-state index in [1.165, 1.54) is 16.0 Å². The van der Waals surface area contributed by atoms with Gasteiger partial charge in [0.25, 0.3) is 0 Å². The van der Waals surface area contributed by atoms with Gasteiger partial charge in [0.2, 0.25) is 5.91 Å². The summed E-state index contributed by atoms with van der Waals surface area (Å²) in [6.45, 7) is 15.9. The molecule has 4 atom stereocenters. The minimum Gasteiger partial charge on any atom is -0.480 e. The minimum absolute atomic E-state index is 0. The standard InChI is InChI=1S/C27H42N2O5.135H2/c1-16(2)15-34-26(33)22(14-19(5)21-10-9-17(3)18(4)13-21)28-20(6)24(30)29-23(25(31)32)11-12-27(29,7)8;;;;;;;;;;;;;;;;;;;;;;;;;;;;;;;;;;;;;;;;;;;;;;;;;;;;;;;;;;;;;;;;;;;;;;;;;;;;;;;;;;;;;;;;;;;;;;;;;;;;;;;;;;;;;;;;;;;;;;;;;;;;;;;;;;;;;;;/h9-10,13,16,19-20,22-23,28H,11-12,14-15H2,1-8H3,(H,31,32);135*1H/t19?,20-,22-,23-;;;;;;;;;;;;;;;;;;;;;;;;;;;;;;;;;;;;;;;;;;;;;;;;;;;;;;;;;;;;;;;;;;;;;;;;;;;;;;;;;;;;;;;;;;;;;;;;;;;;;;;;;;;;;;;;;;;;;;;;;;;;;;;;;;;;;;;/m0......................................................................................................................................./s1. The quantitative estimate of drug-likeness (QED) is 0.231. The van der Waals surface area contributed by atoms with E-state index in [9.17, 15) is 19.5 Å². The van der Waals surface area contributed by atoms with Crippen LogP contribution in [-0.2, 0) is 19.1 Å². The number of likely N-dealkylation sites (tertiary alicyclic amines) is 1. The summed E-state index contributed by atoms with van der Waals surface area (Å²) in [6, 6.07) is 4.00. The van der Waals surface area contributed by atoms with Gasteiger partial charge in [-0.25, -0.2) is 4.79 Å². The van der Waals surface area contributed by atoms with E-state index in [0.717, 1.165) is 5.56 Å².